The molecule has 9 nitrogen and oxygen atoms in total. The molecule has 2 N–H and O–H groups in total. The number of nitrogens with zero attached hydrogens (tertiary/aromatic N) is 4. The fourth-order valence-corrected chi connectivity index (χ4v) is 4.83. The van der Waals surface area contributed by atoms with Gasteiger partial charge in [-0.3, -0.25) is 10.00 Å². The van der Waals surface area contributed by atoms with E-state index in [4.69, 9.17) is 4.98 Å². The summed E-state index contributed by atoms with van der Waals surface area (Å²) in [5.41, 5.74) is 3.42. The maximum Gasteiger partial charge on any atom is 0.175 e. The number of H-pyrrole nitrogens is 1. The van der Waals surface area contributed by atoms with Gasteiger partial charge in [0.2, 0.25) is 0 Å². The minimum Gasteiger partial charge on any atom is -0.369 e. The minimum atomic E-state index is -3.32. The fraction of sp³-hybridized carbons (Fsp3) is 0.261. The van der Waals surface area contributed by atoms with E-state index in [1.165, 1.54) is 6.26 Å². The van der Waals surface area contributed by atoms with Crippen molar-refractivity contribution in [3.8, 4) is 0 Å². The van der Waals surface area contributed by atoms with Crippen molar-refractivity contribution in [3.63, 3.8) is 0 Å². The summed E-state index contributed by atoms with van der Waals surface area (Å²) in [6.45, 7) is 4.01. The topological polar surface area (TPSA) is 111 Å². The van der Waals surface area contributed by atoms with Crippen LogP contribution in [-0.4, -0.2) is 73.8 Å². The van der Waals surface area contributed by atoms with Gasteiger partial charge < -0.3 is 15.0 Å². The SMILES string of the molecule is CS(=O)(=O)c1ccc2nc(Nc3ccc(N4CCN(CC=O)CC4)cc3)c3[nH]ncc3c2c1. The number of hydrogen-bond acceptors (Lipinski definition) is 8. The number of aromatic amines is 1. The number of piperazine rings is 1. The lowest BCUT2D eigenvalue weighted by Gasteiger charge is -2.35. The number of carbonyl (C=O) groups is 1. The van der Waals surface area contributed by atoms with Crippen LogP contribution in [0.25, 0.3) is 21.8 Å². The number of sulfone groups is 1. The number of pyridine rings is 1. The van der Waals surface area contributed by atoms with E-state index in [9.17, 15) is 13.2 Å². The van der Waals surface area contributed by atoms with Gasteiger partial charge >= 0.3 is 0 Å². The van der Waals surface area contributed by atoms with E-state index in [1.54, 1.807) is 24.4 Å². The third-order valence-electron chi connectivity index (χ3n) is 5.99. The highest BCUT2D eigenvalue weighted by Gasteiger charge is 2.17. The molecule has 0 atom stereocenters. The van der Waals surface area contributed by atoms with Crippen LogP contribution in [0.1, 0.15) is 0 Å². The zero-order chi connectivity index (χ0) is 23.0. The van der Waals surface area contributed by atoms with Gasteiger partial charge in [0.25, 0.3) is 0 Å². The summed E-state index contributed by atoms with van der Waals surface area (Å²) in [6.07, 6.45) is 3.83. The second-order valence-corrected chi connectivity index (χ2v) is 10.2. The van der Waals surface area contributed by atoms with E-state index in [1.807, 2.05) is 12.1 Å². The first-order valence-corrected chi connectivity index (χ1v) is 12.6. The first-order chi connectivity index (χ1) is 15.9. The van der Waals surface area contributed by atoms with Gasteiger partial charge in [0, 0.05) is 54.6 Å². The van der Waals surface area contributed by atoms with E-state index in [0.29, 0.717) is 23.4 Å². The van der Waals surface area contributed by atoms with Crippen molar-refractivity contribution in [2.24, 2.45) is 0 Å². The van der Waals surface area contributed by atoms with Crippen LogP contribution in [0, 0.1) is 0 Å². The summed E-state index contributed by atoms with van der Waals surface area (Å²) in [7, 11) is -3.32. The summed E-state index contributed by atoms with van der Waals surface area (Å²) >= 11 is 0. The average Bonchev–Trinajstić information content (AvgIpc) is 3.30. The van der Waals surface area contributed by atoms with Gasteiger partial charge in [-0.1, -0.05) is 0 Å². The zero-order valence-electron chi connectivity index (χ0n) is 18.2. The second-order valence-electron chi connectivity index (χ2n) is 8.20. The molecule has 0 amide bonds. The molecule has 2 aromatic carbocycles. The summed E-state index contributed by atoms with van der Waals surface area (Å²) in [4.78, 5) is 20.1. The molecule has 1 aliphatic rings. The van der Waals surface area contributed by atoms with Crippen molar-refractivity contribution in [3.05, 3.63) is 48.7 Å². The van der Waals surface area contributed by atoms with Crippen molar-refractivity contribution < 1.29 is 13.2 Å². The number of anilines is 3. The zero-order valence-corrected chi connectivity index (χ0v) is 19.0. The Balaban J connectivity index is 1.40. The summed E-state index contributed by atoms with van der Waals surface area (Å²) < 4.78 is 23.9. The Morgan fingerprint density at radius 3 is 2.52 bits per heavy atom. The molecule has 4 aromatic rings. The Bertz CT molecular complexity index is 1420. The second kappa shape index (κ2) is 8.45. The predicted molar refractivity (Wildman–Crippen MR) is 129 cm³/mol. The maximum atomic E-state index is 12.0. The highest BCUT2D eigenvalue weighted by atomic mass is 32.2. The average molecular weight is 465 g/mol. The quantitative estimate of drug-likeness (QED) is 0.419. The molecule has 0 bridgehead atoms. The van der Waals surface area contributed by atoms with Gasteiger partial charge in [0.1, 0.15) is 11.8 Å². The van der Waals surface area contributed by atoms with E-state index in [-0.39, 0.29) is 4.90 Å². The number of benzene rings is 2. The van der Waals surface area contributed by atoms with Crippen LogP contribution < -0.4 is 10.2 Å². The number of carbonyl (C=O) groups excluding carboxylic acids is 1. The van der Waals surface area contributed by atoms with Crippen molar-refractivity contribution >= 4 is 55.1 Å². The van der Waals surface area contributed by atoms with Crippen LogP contribution in [0.4, 0.5) is 17.2 Å². The predicted octanol–water partition coefficient (Wildman–Crippen LogP) is 2.58. The summed E-state index contributed by atoms with van der Waals surface area (Å²) in [5, 5.41) is 12.0. The van der Waals surface area contributed by atoms with Gasteiger partial charge in [-0.2, -0.15) is 5.10 Å². The molecule has 0 aliphatic carbocycles. The Morgan fingerprint density at radius 1 is 1.06 bits per heavy atom. The molecule has 170 valence electrons. The number of aromatic nitrogens is 3. The molecule has 0 unspecified atom stereocenters. The highest BCUT2D eigenvalue weighted by Crippen LogP contribution is 2.31. The van der Waals surface area contributed by atoms with E-state index in [0.717, 1.165) is 54.6 Å². The highest BCUT2D eigenvalue weighted by molar-refractivity contribution is 7.90. The molecular formula is C23H24N6O3S. The van der Waals surface area contributed by atoms with Crippen LogP contribution in [0.2, 0.25) is 0 Å². The molecule has 0 saturated carbocycles. The van der Waals surface area contributed by atoms with Crippen LogP contribution >= 0.6 is 0 Å². The van der Waals surface area contributed by atoms with Crippen molar-refractivity contribution in [2.45, 2.75) is 4.90 Å². The third kappa shape index (κ3) is 4.27. The first kappa shape index (κ1) is 21.4. The Morgan fingerprint density at radius 2 is 1.82 bits per heavy atom. The number of fused-ring (bicyclic) bond motifs is 3. The van der Waals surface area contributed by atoms with Gasteiger partial charge in [-0.25, -0.2) is 13.4 Å². The standard InChI is InChI=1S/C23H24N6O3S/c1-33(31,32)18-6-7-21-19(14-18)20-15-24-27-22(20)23(26-21)25-16-2-4-17(5-3-16)29-10-8-28(9-11-29)12-13-30/h2-7,13-15H,8-12H2,1H3,(H,24,27)(H,25,26). The molecule has 1 fully saturated rings. The first-order valence-electron chi connectivity index (χ1n) is 10.7. The van der Waals surface area contributed by atoms with Crippen molar-refractivity contribution in [2.75, 3.05) is 49.2 Å². The molecule has 1 saturated heterocycles. The normalized spacial score (nSPS) is 15.2. The maximum absolute atomic E-state index is 12.0. The van der Waals surface area contributed by atoms with Crippen molar-refractivity contribution in [1.82, 2.24) is 20.1 Å². The third-order valence-corrected chi connectivity index (χ3v) is 7.11. The summed E-state index contributed by atoms with van der Waals surface area (Å²) in [6, 6.07) is 13.1. The van der Waals surface area contributed by atoms with Crippen LogP contribution in [0.3, 0.4) is 0 Å². The van der Waals surface area contributed by atoms with E-state index in [2.05, 4.69) is 37.4 Å². The number of aldehydes is 1. The lowest BCUT2D eigenvalue weighted by molar-refractivity contribution is -0.108. The Hall–Kier alpha value is -3.50. The molecule has 5 rings (SSSR count). The molecule has 0 spiro atoms. The monoisotopic (exact) mass is 464 g/mol. The Kier molecular flexibility index (Phi) is 5.47. The van der Waals surface area contributed by atoms with Gasteiger partial charge in [0.15, 0.2) is 15.7 Å². The minimum absolute atomic E-state index is 0.252. The van der Waals surface area contributed by atoms with Gasteiger partial charge in [-0.15, -0.1) is 0 Å². The lowest BCUT2D eigenvalue weighted by Crippen LogP contribution is -2.46. The van der Waals surface area contributed by atoms with Gasteiger partial charge in [-0.05, 0) is 42.5 Å². The fourth-order valence-electron chi connectivity index (χ4n) is 4.18. The van der Waals surface area contributed by atoms with E-state index >= 15 is 0 Å². The number of hydrogen-bond donors (Lipinski definition) is 2. The smallest absolute Gasteiger partial charge is 0.175 e. The molecule has 33 heavy (non-hydrogen) atoms. The number of nitrogens with one attached hydrogen (secondary N) is 2. The van der Waals surface area contributed by atoms with Crippen LogP contribution in [0.15, 0.2) is 53.6 Å². The number of rotatable bonds is 6. The lowest BCUT2D eigenvalue weighted by atomic mass is 10.1. The Labute approximate surface area is 191 Å². The largest absolute Gasteiger partial charge is 0.369 e. The molecular weight excluding hydrogens is 440 g/mol. The van der Waals surface area contributed by atoms with Crippen molar-refractivity contribution in [1.29, 1.82) is 0 Å². The molecule has 3 heterocycles. The summed E-state index contributed by atoms with van der Waals surface area (Å²) in [5.74, 6) is 0.623. The van der Waals surface area contributed by atoms with E-state index < -0.39 is 9.84 Å². The van der Waals surface area contributed by atoms with Crippen LogP contribution in [-0.2, 0) is 14.6 Å². The molecule has 2 aromatic heterocycles. The molecule has 10 heteroatoms. The van der Waals surface area contributed by atoms with Crippen LogP contribution in [0.5, 0.6) is 0 Å². The van der Waals surface area contributed by atoms with Gasteiger partial charge in [0.05, 0.1) is 23.2 Å². The molecule has 0 radical (unpaired) electrons. The molecule has 1 aliphatic heterocycles.